The highest BCUT2D eigenvalue weighted by Gasteiger charge is 2.29. The van der Waals surface area contributed by atoms with E-state index in [1.165, 1.54) is 6.07 Å². The monoisotopic (exact) mass is 491 g/mol. The van der Waals surface area contributed by atoms with Gasteiger partial charge < -0.3 is 14.5 Å². The number of nitrogens with zero attached hydrogens (tertiary/aromatic N) is 7. The first-order chi connectivity index (χ1) is 17.3. The lowest BCUT2D eigenvalue weighted by molar-refractivity contribution is 0.169. The van der Waals surface area contributed by atoms with Crippen LogP contribution in [0.3, 0.4) is 0 Å². The van der Waals surface area contributed by atoms with Gasteiger partial charge in [0.25, 0.3) is 0 Å². The molecule has 0 radical (unpaired) electrons. The normalized spacial score (nSPS) is 19.0. The summed E-state index contributed by atoms with van der Waals surface area (Å²) < 4.78 is 23.0. The Kier molecular flexibility index (Phi) is 6.77. The summed E-state index contributed by atoms with van der Waals surface area (Å²) in [4.78, 5) is 11.3. The van der Waals surface area contributed by atoms with Crippen LogP contribution >= 0.6 is 0 Å². The molecule has 5 rings (SSSR count). The topological polar surface area (TPSA) is 62.0 Å². The summed E-state index contributed by atoms with van der Waals surface area (Å²) in [6.07, 6.45) is 2.63. The highest BCUT2D eigenvalue weighted by molar-refractivity contribution is 5.84. The van der Waals surface area contributed by atoms with Crippen molar-refractivity contribution in [1.29, 1.82) is 0 Å². The van der Waals surface area contributed by atoms with Crippen molar-refractivity contribution in [1.82, 2.24) is 29.4 Å². The van der Waals surface area contributed by atoms with Crippen LogP contribution in [0.1, 0.15) is 20.3 Å². The smallest absolute Gasteiger partial charge is 0.232 e. The molecule has 9 heteroatoms. The van der Waals surface area contributed by atoms with Crippen LogP contribution in [0.2, 0.25) is 0 Å². The van der Waals surface area contributed by atoms with Gasteiger partial charge in [0.15, 0.2) is 5.65 Å². The van der Waals surface area contributed by atoms with E-state index < -0.39 is 0 Å². The molecule has 1 aliphatic rings. The molecule has 1 saturated heterocycles. The minimum atomic E-state index is -0.315. The molecule has 0 amide bonds. The number of fused-ring (bicyclic) bond motifs is 3. The molecule has 2 aromatic heterocycles. The Labute approximate surface area is 211 Å². The van der Waals surface area contributed by atoms with Crippen molar-refractivity contribution in [2.45, 2.75) is 32.4 Å². The molecule has 36 heavy (non-hydrogen) atoms. The maximum atomic E-state index is 15.2. The largest absolute Gasteiger partial charge is 0.493 e. The van der Waals surface area contributed by atoms with Crippen LogP contribution < -0.4 is 9.64 Å². The summed E-state index contributed by atoms with van der Waals surface area (Å²) >= 11 is 0. The molecule has 0 saturated carbocycles. The average molecular weight is 492 g/mol. The SMILES string of the molecule is CC1CN(c2nnc3cnc4ccc(-c5ccc(OCCCN(C)C)cc5F)cc4n23)C[C@H](C)N1C. The van der Waals surface area contributed by atoms with Gasteiger partial charge >= 0.3 is 0 Å². The lowest BCUT2D eigenvalue weighted by atomic mass is 10.0. The number of hydrogen-bond donors (Lipinski definition) is 0. The number of likely N-dealkylation sites (N-methyl/N-ethyl adjacent to an activating group) is 1. The average Bonchev–Trinajstić information content (AvgIpc) is 3.29. The number of piperazine rings is 1. The molecule has 1 aliphatic heterocycles. The Morgan fingerprint density at radius 3 is 2.56 bits per heavy atom. The number of aromatic nitrogens is 4. The third-order valence-electron chi connectivity index (χ3n) is 7.12. The van der Waals surface area contributed by atoms with Crippen LogP contribution in [-0.2, 0) is 0 Å². The van der Waals surface area contributed by atoms with Gasteiger partial charge in [-0.3, -0.25) is 14.3 Å². The van der Waals surface area contributed by atoms with E-state index in [-0.39, 0.29) is 5.82 Å². The van der Waals surface area contributed by atoms with Crippen LogP contribution in [0.15, 0.2) is 42.6 Å². The van der Waals surface area contributed by atoms with Gasteiger partial charge in [-0.05, 0) is 71.2 Å². The minimum Gasteiger partial charge on any atom is -0.493 e. The zero-order valence-corrected chi connectivity index (χ0v) is 21.6. The number of ether oxygens (including phenoxy) is 1. The lowest BCUT2D eigenvalue weighted by Gasteiger charge is -2.42. The van der Waals surface area contributed by atoms with Gasteiger partial charge in [-0.25, -0.2) is 4.39 Å². The fraction of sp³-hybridized carbons (Fsp3) is 0.444. The zero-order valence-electron chi connectivity index (χ0n) is 21.6. The van der Waals surface area contributed by atoms with Crippen molar-refractivity contribution in [3.63, 3.8) is 0 Å². The van der Waals surface area contributed by atoms with E-state index in [0.29, 0.717) is 35.7 Å². The number of hydrogen-bond acceptors (Lipinski definition) is 7. The van der Waals surface area contributed by atoms with Crippen molar-refractivity contribution in [3.05, 3.63) is 48.4 Å². The van der Waals surface area contributed by atoms with E-state index in [1.54, 1.807) is 12.3 Å². The summed E-state index contributed by atoms with van der Waals surface area (Å²) in [6.45, 7) is 7.64. The van der Waals surface area contributed by atoms with Crippen LogP contribution in [0.4, 0.5) is 10.3 Å². The fourth-order valence-corrected chi connectivity index (χ4v) is 4.87. The highest BCUT2D eigenvalue weighted by Crippen LogP contribution is 2.30. The lowest BCUT2D eigenvalue weighted by Crippen LogP contribution is -2.55. The number of halogens is 1. The van der Waals surface area contributed by atoms with Crippen molar-refractivity contribution in [2.24, 2.45) is 0 Å². The Balaban J connectivity index is 1.48. The molecule has 0 N–H and O–H groups in total. The summed E-state index contributed by atoms with van der Waals surface area (Å²) in [5.74, 6) is 1.02. The molecule has 1 fully saturated rings. The van der Waals surface area contributed by atoms with Gasteiger partial charge in [-0.15, -0.1) is 10.2 Å². The molecule has 0 aliphatic carbocycles. The highest BCUT2D eigenvalue weighted by atomic mass is 19.1. The third-order valence-corrected chi connectivity index (χ3v) is 7.12. The Bertz CT molecular complexity index is 1360. The molecule has 0 bridgehead atoms. The van der Waals surface area contributed by atoms with Crippen molar-refractivity contribution >= 4 is 22.6 Å². The number of rotatable bonds is 7. The van der Waals surface area contributed by atoms with Crippen molar-refractivity contribution in [3.8, 4) is 16.9 Å². The van der Waals surface area contributed by atoms with E-state index >= 15 is 4.39 Å². The van der Waals surface area contributed by atoms with Gasteiger partial charge in [0.1, 0.15) is 11.6 Å². The van der Waals surface area contributed by atoms with Crippen LogP contribution in [-0.4, -0.2) is 88.8 Å². The standard InChI is InChI=1S/C27H34FN7O/c1-18-16-34(17-19(2)33(18)5)27-31-30-26-15-29-24-10-7-20(13-25(24)35(26)27)22-9-8-21(14-23(22)28)36-12-6-11-32(3)4/h7-10,13-15,18-19H,6,11-12,16-17H2,1-5H3/t18-,19?/m0/s1. The second-order valence-corrected chi connectivity index (χ2v) is 10.1. The maximum absolute atomic E-state index is 15.2. The second kappa shape index (κ2) is 9.99. The van der Waals surface area contributed by atoms with Gasteiger partial charge in [-0.2, -0.15) is 0 Å². The summed E-state index contributed by atoms with van der Waals surface area (Å²) in [7, 11) is 6.21. The molecule has 4 aromatic rings. The third kappa shape index (κ3) is 4.73. The molecule has 0 spiro atoms. The Hall–Kier alpha value is -3.30. The van der Waals surface area contributed by atoms with Crippen molar-refractivity contribution < 1.29 is 9.13 Å². The quantitative estimate of drug-likeness (QED) is 0.363. The minimum absolute atomic E-state index is 0.315. The van der Waals surface area contributed by atoms with Gasteiger partial charge in [-0.1, -0.05) is 6.07 Å². The fourth-order valence-electron chi connectivity index (χ4n) is 4.87. The molecular formula is C27H34FN7O. The van der Waals surface area contributed by atoms with E-state index in [4.69, 9.17) is 4.74 Å². The van der Waals surface area contributed by atoms with Gasteiger partial charge in [0.2, 0.25) is 5.95 Å². The number of anilines is 1. The Morgan fingerprint density at radius 1 is 1.06 bits per heavy atom. The first-order valence-corrected chi connectivity index (χ1v) is 12.5. The summed E-state index contributed by atoms with van der Waals surface area (Å²) in [6, 6.07) is 11.7. The maximum Gasteiger partial charge on any atom is 0.232 e. The summed E-state index contributed by atoms with van der Waals surface area (Å²) in [5, 5.41) is 8.92. The van der Waals surface area contributed by atoms with E-state index in [0.717, 1.165) is 48.6 Å². The number of benzene rings is 2. The molecule has 2 atom stereocenters. The van der Waals surface area contributed by atoms with Crippen LogP contribution in [0.5, 0.6) is 5.75 Å². The molecule has 8 nitrogen and oxygen atoms in total. The predicted octanol–water partition coefficient (Wildman–Crippen LogP) is 3.94. The van der Waals surface area contributed by atoms with E-state index in [2.05, 4.69) is 50.8 Å². The Morgan fingerprint density at radius 2 is 1.83 bits per heavy atom. The van der Waals surface area contributed by atoms with Crippen LogP contribution in [0.25, 0.3) is 27.8 Å². The second-order valence-electron chi connectivity index (χ2n) is 10.1. The molecule has 3 heterocycles. The summed E-state index contributed by atoms with van der Waals surface area (Å²) in [5.41, 5.74) is 3.63. The van der Waals surface area contributed by atoms with Gasteiger partial charge in [0, 0.05) is 43.3 Å². The molecule has 1 unspecified atom stereocenters. The van der Waals surface area contributed by atoms with Gasteiger partial charge in [0.05, 0.1) is 23.8 Å². The van der Waals surface area contributed by atoms with Crippen LogP contribution in [0, 0.1) is 5.82 Å². The molecule has 190 valence electrons. The first kappa shape index (κ1) is 24.4. The molecule has 2 aromatic carbocycles. The zero-order chi connectivity index (χ0) is 25.4. The van der Waals surface area contributed by atoms with E-state index in [1.807, 2.05) is 42.8 Å². The predicted molar refractivity (Wildman–Crippen MR) is 141 cm³/mol. The first-order valence-electron chi connectivity index (χ1n) is 12.5. The van der Waals surface area contributed by atoms with Crippen molar-refractivity contribution in [2.75, 3.05) is 52.3 Å². The molecular weight excluding hydrogens is 457 g/mol. The van der Waals surface area contributed by atoms with E-state index in [9.17, 15) is 0 Å².